The number of benzene rings is 2. The molecule has 1 N–H and O–H groups in total. The van der Waals surface area contributed by atoms with Crippen LogP contribution in [-0.2, 0) is 11.2 Å². The molecule has 1 atom stereocenters. The van der Waals surface area contributed by atoms with Crippen molar-refractivity contribution in [2.75, 3.05) is 5.32 Å². The second-order valence-corrected chi connectivity index (χ2v) is 5.82. The van der Waals surface area contributed by atoms with E-state index in [2.05, 4.69) is 12.2 Å². The molecular formula is C19H22ClNO2. The Kier molecular flexibility index (Phi) is 6.05. The van der Waals surface area contributed by atoms with Crippen LogP contribution in [0.15, 0.2) is 42.5 Å². The van der Waals surface area contributed by atoms with Gasteiger partial charge in [0.25, 0.3) is 5.91 Å². The van der Waals surface area contributed by atoms with E-state index >= 15 is 0 Å². The largest absolute Gasteiger partial charge is 0.481 e. The van der Waals surface area contributed by atoms with Gasteiger partial charge in [0.1, 0.15) is 5.75 Å². The summed E-state index contributed by atoms with van der Waals surface area (Å²) in [6.45, 7) is 5.91. The minimum atomic E-state index is -0.541. The fourth-order valence-electron chi connectivity index (χ4n) is 2.25. The normalized spacial score (nSPS) is 11.8. The Balaban J connectivity index is 2.07. The van der Waals surface area contributed by atoms with Crippen molar-refractivity contribution in [1.82, 2.24) is 0 Å². The van der Waals surface area contributed by atoms with Crippen molar-refractivity contribution in [3.63, 3.8) is 0 Å². The van der Waals surface area contributed by atoms with Crippen molar-refractivity contribution in [2.45, 2.75) is 39.7 Å². The van der Waals surface area contributed by atoms with Gasteiger partial charge in [0, 0.05) is 10.7 Å². The number of carbonyl (C=O) groups excluding carboxylic acids is 1. The summed E-state index contributed by atoms with van der Waals surface area (Å²) in [5.74, 6) is 0.532. The van der Waals surface area contributed by atoms with Crippen LogP contribution in [0.2, 0.25) is 5.02 Å². The zero-order chi connectivity index (χ0) is 16.8. The lowest BCUT2D eigenvalue weighted by molar-refractivity contribution is -0.122. The van der Waals surface area contributed by atoms with Crippen LogP contribution in [-0.4, -0.2) is 12.0 Å². The summed E-state index contributed by atoms with van der Waals surface area (Å²) in [5, 5.41) is 3.53. The Morgan fingerprint density at radius 3 is 2.48 bits per heavy atom. The van der Waals surface area contributed by atoms with E-state index in [-0.39, 0.29) is 5.91 Å². The van der Waals surface area contributed by atoms with Crippen LogP contribution in [0.3, 0.4) is 0 Å². The number of anilines is 1. The molecule has 4 heteroatoms. The maximum absolute atomic E-state index is 12.5. The highest BCUT2D eigenvalue weighted by Gasteiger charge is 2.19. The molecule has 122 valence electrons. The molecule has 1 amide bonds. The summed E-state index contributed by atoms with van der Waals surface area (Å²) in [6, 6.07) is 13.3. The molecule has 0 aliphatic rings. The van der Waals surface area contributed by atoms with Crippen LogP contribution in [0, 0.1) is 6.92 Å². The van der Waals surface area contributed by atoms with Gasteiger partial charge in [-0.3, -0.25) is 4.79 Å². The number of hydrogen-bond acceptors (Lipinski definition) is 2. The van der Waals surface area contributed by atoms with Gasteiger partial charge < -0.3 is 10.1 Å². The summed E-state index contributed by atoms with van der Waals surface area (Å²) in [5.41, 5.74) is 2.81. The summed E-state index contributed by atoms with van der Waals surface area (Å²) in [4.78, 5) is 12.5. The molecule has 0 fully saturated rings. The maximum atomic E-state index is 12.5. The highest BCUT2D eigenvalue weighted by Crippen LogP contribution is 2.23. The zero-order valence-corrected chi connectivity index (χ0v) is 14.5. The van der Waals surface area contributed by atoms with E-state index in [4.69, 9.17) is 16.3 Å². The first-order valence-electron chi connectivity index (χ1n) is 7.86. The molecule has 0 aromatic heterocycles. The number of ether oxygens (including phenoxy) is 1. The van der Waals surface area contributed by atoms with E-state index in [1.165, 1.54) is 5.56 Å². The number of hydrogen-bond donors (Lipinski definition) is 1. The Bertz CT molecular complexity index is 668. The van der Waals surface area contributed by atoms with Crippen LogP contribution < -0.4 is 10.1 Å². The number of halogens is 1. The Morgan fingerprint density at radius 2 is 1.87 bits per heavy atom. The van der Waals surface area contributed by atoms with E-state index in [0.29, 0.717) is 22.9 Å². The lowest BCUT2D eigenvalue weighted by Gasteiger charge is -2.18. The minimum Gasteiger partial charge on any atom is -0.481 e. The summed E-state index contributed by atoms with van der Waals surface area (Å²) in [6.07, 6.45) is 1.02. The first-order valence-corrected chi connectivity index (χ1v) is 8.24. The molecule has 23 heavy (non-hydrogen) atoms. The van der Waals surface area contributed by atoms with Crippen LogP contribution in [0.25, 0.3) is 0 Å². The second-order valence-electron chi connectivity index (χ2n) is 5.41. The van der Waals surface area contributed by atoms with E-state index in [1.54, 1.807) is 6.07 Å². The second kappa shape index (κ2) is 8.02. The molecule has 2 rings (SSSR count). The lowest BCUT2D eigenvalue weighted by Crippen LogP contribution is -2.32. The Labute approximate surface area is 142 Å². The molecule has 0 aliphatic carbocycles. The van der Waals surface area contributed by atoms with E-state index < -0.39 is 6.10 Å². The summed E-state index contributed by atoms with van der Waals surface area (Å²) < 4.78 is 5.82. The van der Waals surface area contributed by atoms with Gasteiger partial charge >= 0.3 is 0 Å². The van der Waals surface area contributed by atoms with Crippen molar-refractivity contribution in [2.24, 2.45) is 0 Å². The standard InChI is InChI=1S/C19H22ClNO2/c1-4-14-9-11-15(12-10-14)23-18(5-2)19(22)21-17-8-6-7-16(20)13(17)3/h6-12,18H,4-5H2,1-3H3,(H,21,22). The SMILES string of the molecule is CCc1ccc(OC(CC)C(=O)Nc2cccc(Cl)c2C)cc1. The quantitative estimate of drug-likeness (QED) is 0.808. The maximum Gasteiger partial charge on any atom is 0.265 e. The fourth-order valence-corrected chi connectivity index (χ4v) is 2.42. The van der Waals surface area contributed by atoms with Crippen molar-refractivity contribution < 1.29 is 9.53 Å². The minimum absolute atomic E-state index is 0.169. The molecule has 0 heterocycles. The Hall–Kier alpha value is -2.00. The fraction of sp³-hybridized carbons (Fsp3) is 0.316. The van der Waals surface area contributed by atoms with Gasteiger partial charge in [0.05, 0.1) is 0 Å². The zero-order valence-electron chi connectivity index (χ0n) is 13.7. The molecule has 0 aliphatic heterocycles. The van der Waals surface area contributed by atoms with Crippen molar-refractivity contribution >= 4 is 23.2 Å². The van der Waals surface area contributed by atoms with Gasteiger partial charge in [-0.2, -0.15) is 0 Å². The Morgan fingerprint density at radius 1 is 1.17 bits per heavy atom. The number of nitrogens with one attached hydrogen (secondary N) is 1. The molecule has 2 aromatic carbocycles. The van der Waals surface area contributed by atoms with Crippen molar-refractivity contribution in [3.05, 3.63) is 58.6 Å². The molecule has 0 saturated carbocycles. The number of rotatable bonds is 6. The molecule has 0 radical (unpaired) electrons. The lowest BCUT2D eigenvalue weighted by atomic mass is 10.1. The van der Waals surface area contributed by atoms with Gasteiger partial charge in [-0.25, -0.2) is 0 Å². The number of amides is 1. The summed E-state index contributed by atoms with van der Waals surface area (Å²) >= 11 is 6.09. The van der Waals surface area contributed by atoms with Crippen molar-refractivity contribution in [3.8, 4) is 5.75 Å². The molecular weight excluding hydrogens is 310 g/mol. The van der Waals surface area contributed by atoms with Gasteiger partial charge in [-0.15, -0.1) is 0 Å². The van der Waals surface area contributed by atoms with Crippen LogP contribution in [0.4, 0.5) is 5.69 Å². The highest BCUT2D eigenvalue weighted by atomic mass is 35.5. The van der Waals surface area contributed by atoms with Crippen molar-refractivity contribution in [1.29, 1.82) is 0 Å². The van der Waals surface area contributed by atoms with Crippen LogP contribution in [0.5, 0.6) is 5.75 Å². The average Bonchev–Trinajstić information content (AvgIpc) is 2.57. The molecule has 2 aromatic rings. The third kappa shape index (κ3) is 4.49. The van der Waals surface area contributed by atoms with Gasteiger partial charge in [0.2, 0.25) is 0 Å². The number of aryl methyl sites for hydroxylation is 1. The first-order chi connectivity index (χ1) is 11.0. The molecule has 0 bridgehead atoms. The molecule has 0 saturated heterocycles. The van der Waals surface area contributed by atoms with Gasteiger partial charge in [-0.1, -0.05) is 43.6 Å². The predicted molar refractivity (Wildman–Crippen MR) is 95.3 cm³/mol. The van der Waals surface area contributed by atoms with E-state index in [0.717, 1.165) is 12.0 Å². The van der Waals surface area contributed by atoms with E-state index in [1.807, 2.05) is 50.2 Å². The highest BCUT2D eigenvalue weighted by molar-refractivity contribution is 6.31. The first kappa shape index (κ1) is 17.4. The van der Waals surface area contributed by atoms with Crippen LogP contribution >= 0.6 is 11.6 Å². The van der Waals surface area contributed by atoms with Gasteiger partial charge in [0.15, 0.2) is 6.10 Å². The van der Waals surface area contributed by atoms with Crippen LogP contribution in [0.1, 0.15) is 31.4 Å². The topological polar surface area (TPSA) is 38.3 Å². The monoisotopic (exact) mass is 331 g/mol. The van der Waals surface area contributed by atoms with Gasteiger partial charge in [-0.05, 0) is 55.2 Å². The predicted octanol–water partition coefficient (Wildman–Crippen LogP) is 5.01. The average molecular weight is 332 g/mol. The summed E-state index contributed by atoms with van der Waals surface area (Å²) in [7, 11) is 0. The third-order valence-corrected chi connectivity index (χ3v) is 4.21. The smallest absolute Gasteiger partial charge is 0.265 e. The molecule has 3 nitrogen and oxygen atoms in total. The third-order valence-electron chi connectivity index (χ3n) is 3.80. The van der Waals surface area contributed by atoms with E-state index in [9.17, 15) is 4.79 Å². The molecule has 1 unspecified atom stereocenters. The molecule has 0 spiro atoms. The number of carbonyl (C=O) groups is 1.